The van der Waals surface area contributed by atoms with Crippen LogP contribution in [-0.2, 0) is 9.47 Å². The molecule has 1 aromatic heterocycles. The first-order valence-electron chi connectivity index (χ1n) is 8.27. The Balaban J connectivity index is 1.98. The van der Waals surface area contributed by atoms with E-state index in [1.165, 1.54) is 0 Å². The molecule has 2 heterocycles. The van der Waals surface area contributed by atoms with Gasteiger partial charge in [0.1, 0.15) is 11.4 Å². The maximum Gasteiger partial charge on any atom is 0.410 e. The average molecular weight is 414 g/mol. The van der Waals surface area contributed by atoms with Gasteiger partial charge in [-0.1, -0.05) is 0 Å². The molecule has 2 rings (SSSR count). The maximum absolute atomic E-state index is 12.1. The van der Waals surface area contributed by atoms with E-state index in [1.807, 2.05) is 20.8 Å². The number of halogens is 1. The molecule has 138 valence electrons. The van der Waals surface area contributed by atoms with E-state index in [-0.39, 0.29) is 24.4 Å². The zero-order valence-corrected chi connectivity index (χ0v) is 16.6. The van der Waals surface area contributed by atoms with Crippen LogP contribution >= 0.6 is 15.9 Å². The van der Waals surface area contributed by atoms with Crippen molar-refractivity contribution in [3.05, 3.63) is 22.3 Å². The number of hydrogen-bond donors (Lipinski definition) is 1. The number of carbonyl (C=O) groups excluding carboxylic acids is 2. The van der Waals surface area contributed by atoms with Crippen LogP contribution in [0.2, 0.25) is 0 Å². The van der Waals surface area contributed by atoms with Crippen molar-refractivity contribution in [2.24, 2.45) is 0 Å². The van der Waals surface area contributed by atoms with E-state index in [2.05, 4.69) is 26.2 Å². The third-order valence-electron chi connectivity index (χ3n) is 3.51. The molecule has 0 radical (unpaired) electrons. The molecule has 1 aliphatic heterocycles. The topological polar surface area (TPSA) is 80.8 Å². The summed E-state index contributed by atoms with van der Waals surface area (Å²) in [5.41, 5.74) is -0.279. The zero-order valence-electron chi connectivity index (χ0n) is 15.0. The fraction of sp³-hybridized carbons (Fsp3) is 0.588. The number of esters is 1. The van der Waals surface area contributed by atoms with E-state index < -0.39 is 11.6 Å². The Morgan fingerprint density at radius 3 is 2.76 bits per heavy atom. The fourth-order valence-corrected chi connectivity index (χ4v) is 2.83. The number of pyridine rings is 1. The van der Waals surface area contributed by atoms with Crippen molar-refractivity contribution in [3.8, 4) is 0 Å². The number of rotatable bonds is 4. The van der Waals surface area contributed by atoms with Crippen molar-refractivity contribution in [2.75, 3.05) is 25.0 Å². The van der Waals surface area contributed by atoms with Crippen molar-refractivity contribution >= 4 is 33.8 Å². The molecule has 1 saturated heterocycles. The first kappa shape index (κ1) is 19.5. The van der Waals surface area contributed by atoms with Crippen LogP contribution in [0.4, 0.5) is 10.6 Å². The number of amides is 1. The second-order valence-electron chi connectivity index (χ2n) is 6.80. The molecular weight excluding hydrogens is 390 g/mol. The highest BCUT2D eigenvalue weighted by Gasteiger charge is 2.30. The van der Waals surface area contributed by atoms with Crippen LogP contribution in [0.5, 0.6) is 0 Å². The molecule has 25 heavy (non-hydrogen) atoms. The molecule has 0 spiro atoms. The Kier molecular flexibility index (Phi) is 6.26. The monoisotopic (exact) mass is 413 g/mol. The molecule has 1 aliphatic rings. The Bertz CT molecular complexity index is 645. The molecule has 1 aromatic rings. The van der Waals surface area contributed by atoms with E-state index in [0.717, 1.165) is 6.42 Å². The maximum atomic E-state index is 12.1. The van der Waals surface area contributed by atoms with Gasteiger partial charge in [-0.2, -0.15) is 0 Å². The molecule has 7 nitrogen and oxygen atoms in total. The molecule has 8 heteroatoms. The largest absolute Gasteiger partial charge is 0.461 e. The summed E-state index contributed by atoms with van der Waals surface area (Å²) < 4.78 is 11.0. The number of hydrogen-bond acceptors (Lipinski definition) is 6. The van der Waals surface area contributed by atoms with Crippen molar-refractivity contribution in [3.63, 3.8) is 0 Å². The average Bonchev–Trinajstić information content (AvgIpc) is 2.96. The summed E-state index contributed by atoms with van der Waals surface area (Å²) in [5.74, 6) is 0.0992. The summed E-state index contributed by atoms with van der Waals surface area (Å²) in [6.45, 7) is 8.73. The van der Waals surface area contributed by atoms with Crippen LogP contribution in [0.25, 0.3) is 0 Å². The summed E-state index contributed by atoms with van der Waals surface area (Å²) >= 11 is 3.31. The standard InChI is InChI=1S/C17H24BrN3O4/c1-5-24-15(22)14-12(18)6-7-13(20-14)19-11-8-9-21(10-11)16(23)25-17(2,3)4/h6-7,11H,5,8-10H2,1-4H3,(H,19,20). The smallest absolute Gasteiger partial charge is 0.410 e. The molecule has 1 atom stereocenters. The van der Waals surface area contributed by atoms with Gasteiger partial charge in [-0.3, -0.25) is 0 Å². The van der Waals surface area contributed by atoms with Gasteiger partial charge in [0.25, 0.3) is 0 Å². The molecule has 0 aliphatic carbocycles. The van der Waals surface area contributed by atoms with Gasteiger partial charge in [0.2, 0.25) is 0 Å². The Hall–Kier alpha value is -1.83. The van der Waals surface area contributed by atoms with Gasteiger partial charge < -0.3 is 19.7 Å². The summed E-state index contributed by atoms with van der Waals surface area (Å²) in [6, 6.07) is 3.58. The Morgan fingerprint density at radius 2 is 2.12 bits per heavy atom. The molecule has 1 N–H and O–H groups in total. The minimum absolute atomic E-state index is 0.0521. The van der Waals surface area contributed by atoms with Gasteiger partial charge in [0.05, 0.1) is 11.1 Å². The highest BCUT2D eigenvalue weighted by Crippen LogP contribution is 2.21. The van der Waals surface area contributed by atoms with Crippen LogP contribution in [0.1, 0.15) is 44.6 Å². The number of carbonyl (C=O) groups is 2. The van der Waals surface area contributed by atoms with E-state index in [9.17, 15) is 9.59 Å². The second-order valence-corrected chi connectivity index (χ2v) is 7.66. The number of nitrogens with zero attached hydrogens (tertiary/aromatic N) is 2. The van der Waals surface area contributed by atoms with E-state index in [1.54, 1.807) is 24.0 Å². The first-order chi connectivity index (χ1) is 11.7. The predicted octanol–water partition coefficient (Wildman–Crippen LogP) is 3.44. The number of aromatic nitrogens is 1. The minimum atomic E-state index is -0.510. The highest BCUT2D eigenvalue weighted by atomic mass is 79.9. The van der Waals surface area contributed by atoms with Gasteiger partial charge >= 0.3 is 12.1 Å². The van der Waals surface area contributed by atoms with Gasteiger partial charge in [0.15, 0.2) is 5.69 Å². The normalized spacial score (nSPS) is 17.3. The van der Waals surface area contributed by atoms with E-state index in [0.29, 0.717) is 23.4 Å². The first-order valence-corrected chi connectivity index (χ1v) is 9.07. The summed E-state index contributed by atoms with van der Waals surface area (Å²) in [7, 11) is 0. The molecular formula is C17H24BrN3O4. The van der Waals surface area contributed by atoms with Gasteiger partial charge in [-0.05, 0) is 62.2 Å². The number of nitrogens with one attached hydrogen (secondary N) is 1. The van der Waals surface area contributed by atoms with Crippen LogP contribution in [0.15, 0.2) is 16.6 Å². The van der Waals surface area contributed by atoms with Crippen LogP contribution < -0.4 is 5.32 Å². The lowest BCUT2D eigenvalue weighted by Gasteiger charge is -2.24. The SMILES string of the molecule is CCOC(=O)c1nc(NC2CCN(C(=O)OC(C)(C)C)C2)ccc1Br. The number of likely N-dealkylation sites (tertiary alicyclic amines) is 1. The molecule has 0 bridgehead atoms. The number of anilines is 1. The lowest BCUT2D eigenvalue weighted by atomic mass is 10.2. The van der Waals surface area contributed by atoms with Crippen LogP contribution in [-0.4, -0.2) is 53.3 Å². The zero-order chi connectivity index (χ0) is 18.6. The Labute approximate surface area is 156 Å². The minimum Gasteiger partial charge on any atom is -0.461 e. The molecule has 0 aromatic carbocycles. The quantitative estimate of drug-likeness (QED) is 0.761. The van der Waals surface area contributed by atoms with Crippen molar-refractivity contribution < 1.29 is 19.1 Å². The lowest BCUT2D eigenvalue weighted by Crippen LogP contribution is -2.36. The third kappa shape index (κ3) is 5.59. The van der Waals surface area contributed by atoms with E-state index >= 15 is 0 Å². The van der Waals surface area contributed by atoms with Crippen LogP contribution in [0, 0.1) is 0 Å². The molecule has 0 saturated carbocycles. The second kappa shape index (κ2) is 8.03. The van der Waals surface area contributed by atoms with Gasteiger partial charge in [0, 0.05) is 19.1 Å². The van der Waals surface area contributed by atoms with Crippen molar-refractivity contribution in [2.45, 2.75) is 45.8 Å². The van der Waals surface area contributed by atoms with Crippen molar-refractivity contribution in [1.29, 1.82) is 0 Å². The highest BCUT2D eigenvalue weighted by molar-refractivity contribution is 9.10. The molecule has 1 fully saturated rings. The van der Waals surface area contributed by atoms with Gasteiger partial charge in [-0.25, -0.2) is 14.6 Å². The molecule has 1 amide bonds. The fourth-order valence-electron chi connectivity index (χ4n) is 2.44. The summed E-state index contributed by atoms with van der Waals surface area (Å²) in [6.07, 6.45) is 0.471. The van der Waals surface area contributed by atoms with Crippen molar-refractivity contribution in [1.82, 2.24) is 9.88 Å². The predicted molar refractivity (Wildman–Crippen MR) is 97.7 cm³/mol. The lowest BCUT2D eigenvalue weighted by molar-refractivity contribution is 0.0293. The van der Waals surface area contributed by atoms with E-state index in [4.69, 9.17) is 9.47 Å². The molecule has 1 unspecified atom stereocenters. The van der Waals surface area contributed by atoms with Crippen LogP contribution in [0.3, 0.4) is 0 Å². The Morgan fingerprint density at radius 1 is 1.40 bits per heavy atom. The third-order valence-corrected chi connectivity index (χ3v) is 4.15. The number of ether oxygens (including phenoxy) is 2. The van der Waals surface area contributed by atoms with Gasteiger partial charge in [-0.15, -0.1) is 0 Å². The summed E-state index contributed by atoms with van der Waals surface area (Å²) in [5, 5.41) is 3.26. The summed E-state index contributed by atoms with van der Waals surface area (Å²) in [4.78, 5) is 30.0.